The SMILES string of the molecule is Brc1cc(CNc2cnc[nH]2)cs1. The zero-order valence-corrected chi connectivity index (χ0v) is 9.15. The number of imidazole rings is 1. The van der Waals surface area contributed by atoms with Crippen molar-refractivity contribution in [2.24, 2.45) is 0 Å². The first-order chi connectivity index (χ1) is 6.34. The molecule has 13 heavy (non-hydrogen) atoms. The zero-order valence-electron chi connectivity index (χ0n) is 6.75. The van der Waals surface area contributed by atoms with Crippen LogP contribution < -0.4 is 5.32 Å². The van der Waals surface area contributed by atoms with Gasteiger partial charge in [0.05, 0.1) is 16.3 Å². The summed E-state index contributed by atoms with van der Waals surface area (Å²) in [6.45, 7) is 0.824. The van der Waals surface area contributed by atoms with Gasteiger partial charge in [0.2, 0.25) is 0 Å². The van der Waals surface area contributed by atoms with Crippen molar-refractivity contribution >= 4 is 33.1 Å². The third-order valence-corrected chi connectivity index (χ3v) is 3.16. The molecule has 0 saturated carbocycles. The first-order valence-electron chi connectivity index (χ1n) is 3.80. The van der Waals surface area contributed by atoms with E-state index in [0.29, 0.717) is 0 Å². The van der Waals surface area contributed by atoms with Gasteiger partial charge < -0.3 is 10.3 Å². The Balaban J connectivity index is 1.93. The van der Waals surface area contributed by atoms with Gasteiger partial charge in [0, 0.05) is 6.54 Å². The van der Waals surface area contributed by atoms with Crippen molar-refractivity contribution in [2.45, 2.75) is 6.54 Å². The fourth-order valence-corrected chi connectivity index (χ4v) is 2.20. The van der Waals surface area contributed by atoms with Crippen LogP contribution in [-0.4, -0.2) is 9.97 Å². The van der Waals surface area contributed by atoms with Gasteiger partial charge in [-0.05, 0) is 32.9 Å². The second kappa shape index (κ2) is 3.93. The van der Waals surface area contributed by atoms with Crippen molar-refractivity contribution in [1.29, 1.82) is 0 Å². The van der Waals surface area contributed by atoms with Crippen molar-refractivity contribution in [1.82, 2.24) is 9.97 Å². The summed E-state index contributed by atoms with van der Waals surface area (Å²) in [7, 11) is 0. The lowest BCUT2D eigenvalue weighted by molar-refractivity contribution is 1.13. The first kappa shape index (κ1) is 8.77. The van der Waals surface area contributed by atoms with E-state index in [1.165, 1.54) is 5.56 Å². The molecule has 0 aromatic carbocycles. The molecule has 0 spiro atoms. The van der Waals surface area contributed by atoms with Gasteiger partial charge in [0.25, 0.3) is 0 Å². The van der Waals surface area contributed by atoms with Gasteiger partial charge in [0.15, 0.2) is 0 Å². The summed E-state index contributed by atoms with van der Waals surface area (Å²) < 4.78 is 1.16. The van der Waals surface area contributed by atoms with Crippen LogP contribution in [0.1, 0.15) is 5.56 Å². The monoisotopic (exact) mass is 257 g/mol. The summed E-state index contributed by atoms with van der Waals surface area (Å²) in [5, 5.41) is 5.34. The van der Waals surface area contributed by atoms with E-state index in [-0.39, 0.29) is 0 Å². The highest BCUT2D eigenvalue weighted by Gasteiger charge is 1.97. The molecule has 0 aliphatic carbocycles. The molecule has 2 aromatic heterocycles. The van der Waals surface area contributed by atoms with Crippen LogP contribution >= 0.6 is 27.3 Å². The number of nitrogens with zero attached hydrogens (tertiary/aromatic N) is 1. The standard InChI is InChI=1S/C8H8BrN3S/c9-7-1-6(4-13-7)2-11-8-3-10-5-12-8/h1,3-5,11H,2H2,(H,10,12). The lowest BCUT2D eigenvalue weighted by atomic mass is 10.3. The fraction of sp³-hybridized carbons (Fsp3) is 0.125. The number of rotatable bonds is 3. The molecule has 0 radical (unpaired) electrons. The van der Waals surface area contributed by atoms with Crippen molar-refractivity contribution < 1.29 is 0 Å². The van der Waals surface area contributed by atoms with Crippen LogP contribution in [0, 0.1) is 0 Å². The average Bonchev–Trinajstić information content (AvgIpc) is 2.71. The van der Waals surface area contributed by atoms with E-state index in [9.17, 15) is 0 Å². The van der Waals surface area contributed by atoms with E-state index in [2.05, 4.69) is 42.7 Å². The summed E-state index contributed by atoms with van der Waals surface area (Å²) in [5.74, 6) is 0.947. The molecule has 2 rings (SSSR count). The molecular weight excluding hydrogens is 250 g/mol. The van der Waals surface area contributed by atoms with Crippen LogP contribution in [0.3, 0.4) is 0 Å². The molecule has 5 heteroatoms. The molecule has 68 valence electrons. The lowest BCUT2D eigenvalue weighted by Crippen LogP contribution is -1.97. The first-order valence-corrected chi connectivity index (χ1v) is 5.47. The Morgan fingerprint density at radius 2 is 2.54 bits per heavy atom. The normalized spacial score (nSPS) is 10.2. The second-order valence-electron chi connectivity index (χ2n) is 2.58. The van der Waals surface area contributed by atoms with Gasteiger partial charge in [-0.2, -0.15) is 0 Å². The number of aromatic nitrogens is 2. The Labute approximate surface area is 88.3 Å². The number of halogens is 1. The van der Waals surface area contributed by atoms with E-state index in [0.717, 1.165) is 16.1 Å². The largest absolute Gasteiger partial charge is 0.366 e. The van der Waals surface area contributed by atoms with Crippen molar-refractivity contribution in [2.75, 3.05) is 5.32 Å². The summed E-state index contributed by atoms with van der Waals surface area (Å²) in [5.41, 5.74) is 1.27. The molecule has 0 fully saturated rings. The minimum Gasteiger partial charge on any atom is -0.366 e. The summed E-state index contributed by atoms with van der Waals surface area (Å²) in [6.07, 6.45) is 3.42. The Morgan fingerprint density at radius 3 is 3.15 bits per heavy atom. The fourth-order valence-electron chi connectivity index (χ4n) is 0.988. The molecule has 0 bridgehead atoms. The number of H-pyrrole nitrogens is 1. The van der Waals surface area contributed by atoms with Crippen LogP contribution in [0.4, 0.5) is 5.82 Å². The molecule has 3 nitrogen and oxygen atoms in total. The third-order valence-electron chi connectivity index (χ3n) is 1.60. The molecule has 2 aromatic rings. The average molecular weight is 258 g/mol. The van der Waals surface area contributed by atoms with E-state index in [1.807, 2.05) is 0 Å². The lowest BCUT2D eigenvalue weighted by Gasteiger charge is -1.99. The molecule has 2 heterocycles. The number of thiophene rings is 1. The van der Waals surface area contributed by atoms with Gasteiger partial charge in [-0.25, -0.2) is 4.98 Å². The molecule has 0 unspecified atom stereocenters. The maximum atomic E-state index is 3.91. The highest BCUT2D eigenvalue weighted by Crippen LogP contribution is 2.21. The maximum absolute atomic E-state index is 3.91. The second-order valence-corrected chi connectivity index (χ2v) is 4.87. The highest BCUT2D eigenvalue weighted by atomic mass is 79.9. The minimum atomic E-state index is 0.824. The third kappa shape index (κ3) is 2.32. The van der Waals surface area contributed by atoms with Crippen molar-refractivity contribution in [3.8, 4) is 0 Å². The smallest absolute Gasteiger partial charge is 0.123 e. The number of hydrogen-bond donors (Lipinski definition) is 2. The summed E-state index contributed by atoms with van der Waals surface area (Å²) >= 11 is 5.11. The minimum absolute atomic E-state index is 0.824. The molecule has 0 saturated heterocycles. The summed E-state index contributed by atoms with van der Waals surface area (Å²) in [4.78, 5) is 6.90. The van der Waals surface area contributed by atoms with Crippen LogP contribution in [0.2, 0.25) is 0 Å². The van der Waals surface area contributed by atoms with Gasteiger partial charge in [-0.15, -0.1) is 11.3 Å². The zero-order chi connectivity index (χ0) is 9.10. The number of anilines is 1. The van der Waals surface area contributed by atoms with Gasteiger partial charge >= 0.3 is 0 Å². The topological polar surface area (TPSA) is 40.7 Å². The van der Waals surface area contributed by atoms with Gasteiger partial charge in [-0.1, -0.05) is 0 Å². The number of nitrogens with one attached hydrogen (secondary N) is 2. The molecule has 2 N–H and O–H groups in total. The van der Waals surface area contributed by atoms with E-state index in [1.54, 1.807) is 23.9 Å². The van der Waals surface area contributed by atoms with Crippen molar-refractivity contribution in [3.05, 3.63) is 33.3 Å². The van der Waals surface area contributed by atoms with Crippen LogP contribution in [-0.2, 0) is 6.54 Å². The van der Waals surface area contributed by atoms with E-state index >= 15 is 0 Å². The van der Waals surface area contributed by atoms with E-state index in [4.69, 9.17) is 0 Å². The predicted molar refractivity (Wildman–Crippen MR) is 57.9 cm³/mol. The van der Waals surface area contributed by atoms with Crippen LogP contribution in [0.25, 0.3) is 0 Å². The molecule has 0 aliphatic heterocycles. The Kier molecular flexibility index (Phi) is 2.65. The number of aromatic amines is 1. The van der Waals surface area contributed by atoms with E-state index < -0.39 is 0 Å². The summed E-state index contributed by atoms with van der Waals surface area (Å²) in [6, 6.07) is 2.11. The van der Waals surface area contributed by atoms with Crippen molar-refractivity contribution in [3.63, 3.8) is 0 Å². The maximum Gasteiger partial charge on any atom is 0.123 e. The van der Waals surface area contributed by atoms with Crippen LogP contribution in [0.15, 0.2) is 27.8 Å². The molecule has 0 amide bonds. The highest BCUT2D eigenvalue weighted by molar-refractivity contribution is 9.11. The van der Waals surface area contributed by atoms with Gasteiger partial charge in [-0.3, -0.25) is 0 Å². The Morgan fingerprint density at radius 1 is 1.62 bits per heavy atom. The number of hydrogen-bond acceptors (Lipinski definition) is 3. The molecule has 0 aliphatic rings. The Bertz CT molecular complexity index is 368. The van der Waals surface area contributed by atoms with Gasteiger partial charge in [0.1, 0.15) is 5.82 Å². The predicted octanol–water partition coefficient (Wildman–Crippen LogP) is 2.85. The van der Waals surface area contributed by atoms with Crippen LogP contribution in [0.5, 0.6) is 0 Å². The molecular formula is C8H8BrN3S. The Hall–Kier alpha value is -0.810. The quantitative estimate of drug-likeness (QED) is 0.888. The molecule has 0 atom stereocenters.